The van der Waals surface area contributed by atoms with Gasteiger partial charge in [0.15, 0.2) is 0 Å². The average Bonchev–Trinajstić information content (AvgIpc) is 2.78. The summed E-state index contributed by atoms with van der Waals surface area (Å²) < 4.78 is 83.9. The first-order chi connectivity index (χ1) is 17.6. The highest BCUT2D eigenvalue weighted by Gasteiger charge is 2.32. The van der Waals surface area contributed by atoms with Crippen LogP contribution in [0.3, 0.4) is 0 Å². The fourth-order valence-electron chi connectivity index (χ4n) is 2.84. The number of alkyl halides is 3. The summed E-state index contributed by atoms with van der Waals surface area (Å²) in [6, 6.07) is 5.23. The maximum Gasteiger partial charge on any atom is 0.417 e. The highest BCUT2D eigenvalue weighted by molar-refractivity contribution is 7.88. The molecular weight excluding hydrogens is 551 g/mol. The van der Waals surface area contributed by atoms with Crippen LogP contribution < -0.4 is 18.9 Å². The van der Waals surface area contributed by atoms with Crippen molar-refractivity contribution < 1.29 is 40.6 Å². The number of benzene rings is 1. The minimum Gasteiger partial charge on any atom is -0.491 e. The third-order valence-electron chi connectivity index (χ3n) is 4.50. The lowest BCUT2D eigenvalue weighted by Gasteiger charge is -2.15. The molecule has 1 aromatic heterocycles. The molecule has 1 amide bonds. The molecule has 1 heterocycles. The van der Waals surface area contributed by atoms with Gasteiger partial charge in [-0.25, -0.2) is 9.71 Å². The number of nitrogens with one attached hydrogen (secondary N) is 2. The van der Waals surface area contributed by atoms with Crippen LogP contribution in [0, 0.1) is 0 Å². The quantitative estimate of drug-likeness (QED) is 0.265. The van der Waals surface area contributed by atoms with Crippen LogP contribution in [-0.4, -0.2) is 44.7 Å². The molecule has 2 N–H and O–H groups in total. The Hall–Kier alpha value is -2.87. The summed E-state index contributed by atoms with van der Waals surface area (Å²) in [5.74, 6) is -0.807. The number of hydrogen-bond acceptors (Lipinski definition) is 7. The molecule has 1 aromatic carbocycles. The zero-order valence-corrected chi connectivity index (χ0v) is 22.9. The molecule has 0 bridgehead atoms. The third kappa shape index (κ3) is 10.1. The summed E-state index contributed by atoms with van der Waals surface area (Å²) >= 11 is 5.98. The summed E-state index contributed by atoms with van der Waals surface area (Å²) in [6.45, 7) is 8.63. The Balaban J connectivity index is 2.30. The summed E-state index contributed by atoms with van der Waals surface area (Å²) in [6.07, 6.45) is -3.02. The van der Waals surface area contributed by atoms with Crippen molar-refractivity contribution in [2.75, 3.05) is 13.2 Å². The van der Waals surface area contributed by atoms with Gasteiger partial charge in [-0.1, -0.05) is 11.6 Å². The van der Waals surface area contributed by atoms with Gasteiger partial charge in [0.25, 0.3) is 5.91 Å². The normalized spacial score (nSPS) is 12.7. The largest absolute Gasteiger partial charge is 0.491 e. The SMILES string of the molecule is CC(=Cc1ccc(OC(C)C)cc1Oc1ncc(C(F)(F)F)cc1Cl)C(=O)NS(=O)(=O)NCCOC(C)C. The molecular formula is C24H29ClF3N3O6S. The minimum absolute atomic E-state index is 0.0114. The van der Waals surface area contributed by atoms with Gasteiger partial charge < -0.3 is 14.2 Å². The molecule has 0 unspecified atom stereocenters. The van der Waals surface area contributed by atoms with E-state index in [0.717, 1.165) is 0 Å². The first-order valence-corrected chi connectivity index (χ1v) is 13.3. The lowest BCUT2D eigenvalue weighted by Crippen LogP contribution is -2.41. The van der Waals surface area contributed by atoms with E-state index in [1.165, 1.54) is 25.1 Å². The van der Waals surface area contributed by atoms with E-state index in [4.69, 9.17) is 25.8 Å². The van der Waals surface area contributed by atoms with E-state index in [1.54, 1.807) is 33.8 Å². The van der Waals surface area contributed by atoms with E-state index >= 15 is 0 Å². The van der Waals surface area contributed by atoms with E-state index in [1.807, 2.05) is 4.72 Å². The third-order valence-corrected chi connectivity index (χ3v) is 5.81. The molecule has 0 spiro atoms. The van der Waals surface area contributed by atoms with Crippen molar-refractivity contribution in [1.29, 1.82) is 0 Å². The number of nitrogens with zero attached hydrogens (tertiary/aromatic N) is 1. The van der Waals surface area contributed by atoms with Crippen LogP contribution in [-0.2, 0) is 25.9 Å². The summed E-state index contributed by atoms with van der Waals surface area (Å²) in [5.41, 5.74) is -0.783. The van der Waals surface area contributed by atoms with E-state index in [-0.39, 0.29) is 48.1 Å². The minimum atomic E-state index is -4.64. The van der Waals surface area contributed by atoms with E-state index in [9.17, 15) is 26.4 Å². The number of carbonyl (C=O) groups excluding carboxylic acids is 1. The van der Waals surface area contributed by atoms with Gasteiger partial charge in [0.2, 0.25) is 5.88 Å². The molecule has 38 heavy (non-hydrogen) atoms. The molecule has 0 aliphatic rings. The predicted molar refractivity (Wildman–Crippen MR) is 136 cm³/mol. The van der Waals surface area contributed by atoms with Gasteiger partial charge >= 0.3 is 16.4 Å². The predicted octanol–water partition coefficient (Wildman–Crippen LogP) is 5.11. The molecule has 0 aliphatic heterocycles. The van der Waals surface area contributed by atoms with Crippen molar-refractivity contribution in [3.05, 3.63) is 52.2 Å². The molecule has 210 valence electrons. The summed E-state index contributed by atoms with van der Waals surface area (Å²) in [7, 11) is -4.16. The van der Waals surface area contributed by atoms with Crippen molar-refractivity contribution in [2.24, 2.45) is 0 Å². The number of rotatable bonds is 12. The molecule has 0 aliphatic carbocycles. The zero-order valence-electron chi connectivity index (χ0n) is 21.3. The second-order valence-electron chi connectivity index (χ2n) is 8.55. The lowest BCUT2D eigenvalue weighted by atomic mass is 10.1. The molecule has 0 radical (unpaired) electrons. The number of halogens is 4. The maximum atomic E-state index is 13.0. The van der Waals surface area contributed by atoms with Crippen LogP contribution in [0.5, 0.6) is 17.4 Å². The summed E-state index contributed by atoms with van der Waals surface area (Å²) in [5, 5.41) is -0.391. The van der Waals surface area contributed by atoms with Gasteiger partial charge in [-0.05, 0) is 58.9 Å². The smallest absolute Gasteiger partial charge is 0.417 e. The van der Waals surface area contributed by atoms with E-state index in [0.29, 0.717) is 18.0 Å². The number of hydrogen-bond donors (Lipinski definition) is 2. The molecule has 9 nitrogen and oxygen atoms in total. The fourth-order valence-corrected chi connectivity index (χ4v) is 3.87. The number of aromatic nitrogens is 1. The van der Waals surface area contributed by atoms with E-state index in [2.05, 4.69) is 9.71 Å². The molecule has 0 saturated carbocycles. The Morgan fingerprint density at radius 2 is 1.84 bits per heavy atom. The monoisotopic (exact) mass is 579 g/mol. The Kier molecular flexibility index (Phi) is 10.9. The standard InChI is InChI=1S/C24H29ClF3N3O6S/c1-14(2)35-9-8-30-38(33,34)31-22(32)16(5)10-17-6-7-19(36-15(3)4)12-21(17)37-23-20(25)11-18(13-29-23)24(26,27)28/h6-7,10-15,30H,8-9H2,1-5H3,(H,31,32). The van der Waals surface area contributed by atoms with Crippen LogP contribution in [0.15, 0.2) is 36.0 Å². The highest BCUT2D eigenvalue weighted by atomic mass is 35.5. The summed E-state index contributed by atoms with van der Waals surface area (Å²) in [4.78, 5) is 16.2. The van der Waals surface area contributed by atoms with Gasteiger partial charge in [0.05, 0.1) is 24.4 Å². The van der Waals surface area contributed by atoms with Crippen LogP contribution in [0.1, 0.15) is 45.7 Å². The van der Waals surface area contributed by atoms with Crippen LogP contribution in [0.2, 0.25) is 5.02 Å². The highest BCUT2D eigenvalue weighted by Crippen LogP contribution is 2.37. The van der Waals surface area contributed by atoms with Gasteiger partial charge in [-0.15, -0.1) is 0 Å². The number of pyridine rings is 1. The van der Waals surface area contributed by atoms with Crippen molar-refractivity contribution in [3.63, 3.8) is 0 Å². The topological polar surface area (TPSA) is 116 Å². The van der Waals surface area contributed by atoms with Gasteiger partial charge in [-0.3, -0.25) is 4.79 Å². The molecule has 0 atom stereocenters. The van der Waals surface area contributed by atoms with Gasteiger partial charge in [0, 0.05) is 29.9 Å². The Morgan fingerprint density at radius 1 is 1.16 bits per heavy atom. The van der Waals surface area contributed by atoms with Gasteiger partial charge in [-0.2, -0.15) is 26.3 Å². The molecule has 0 saturated heterocycles. The van der Waals surface area contributed by atoms with Gasteiger partial charge in [0.1, 0.15) is 16.5 Å². The van der Waals surface area contributed by atoms with Crippen molar-refractivity contribution >= 4 is 33.8 Å². The Bertz CT molecular complexity index is 1270. The Labute approximate surface area is 224 Å². The van der Waals surface area contributed by atoms with Crippen LogP contribution >= 0.6 is 11.6 Å². The van der Waals surface area contributed by atoms with Crippen LogP contribution in [0.25, 0.3) is 6.08 Å². The maximum absolute atomic E-state index is 13.0. The lowest BCUT2D eigenvalue weighted by molar-refractivity contribution is -0.137. The Morgan fingerprint density at radius 3 is 2.42 bits per heavy atom. The fraction of sp³-hybridized carbons (Fsp3) is 0.417. The first-order valence-electron chi connectivity index (χ1n) is 11.4. The molecule has 0 fully saturated rings. The molecule has 2 aromatic rings. The van der Waals surface area contributed by atoms with Crippen molar-refractivity contribution in [1.82, 2.24) is 14.4 Å². The number of carbonyl (C=O) groups is 1. The van der Waals surface area contributed by atoms with E-state index < -0.39 is 32.9 Å². The zero-order chi connectivity index (χ0) is 28.7. The number of ether oxygens (including phenoxy) is 3. The van der Waals surface area contributed by atoms with Crippen molar-refractivity contribution in [2.45, 2.75) is 53.0 Å². The van der Waals surface area contributed by atoms with Crippen molar-refractivity contribution in [3.8, 4) is 17.4 Å². The molecule has 2 rings (SSSR count). The van der Waals surface area contributed by atoms with Crippen LogP contribution in [0.4, 0.5) is 13.2 Å². The second-order valence-corrected chi connectivity index (χ2v) is 10.5. The number of amides is 1. The second kappa shape index (κ2) is 13.3. The molecule has 14 heteroatoms. The average molecular weight is 580 g/mol. The first kappa shape index (κ1) is 31.3.